The fourth-order valence-corrected chi connectivity index (χ4v) is 2.26. The van der Waals surface area contributed by atoms with Crippen molar-refractivity contribution in [2.75, 3.05) is 17.2 Å². The van der Waals surface area contributed by atoms with Crippen LogP contribution in [0.15, 0.2) is 54.6 Å². The number of amides is 1. The van der Waals surface area contributed by atoms with E-state index in [9.17, 15) is 13.6 Å². The van der Waals surface area contributed by atoms with Gasteiger partial charge < -0.3 is 15.4 Å². The van der Waals surface area contributed by atoms with E-state index in [0.717, 1.165) is 23.6 Å². The molecule has 6 nitrogen and oxygen atoms in total. The Hall–Kier alpha value is -3.55. The summed E-state index contributed by atoms with van der Waals surface area (Å²) in [5.74, 6) is -1.34. The van der Waals surface area contributed by atoms with E-state index in [1.54, 1.807) is 0 Å². The van der Waals surface area contributed by atoms with E-state index in [2.05, 4.69) is 20.8 Å². The van der Waals surface area contributed by atoms with Crippen molar-refractivity contribution >= 4 is 23.1 Å². The lowest BCUT2D eigenvalue weighted by Crippen LogP contribution is -2.16. The van der Waals surface area contributed by atoms with Crippen LogP contribution in [0.5, 0.6) is 5.75 Å². The molecular formula is C19H16F2N4O2. The lowest BCUT2D eigenvalue weighted by Gasteiger charge is -2.08. The van der Waals surface area contributed by atoms with Crippen LogP contribution in [0.1, 0.15) is 17.4 Å². The molecule has 8 heteroatoms. The summed E-state index contributed by atoms with van der Waals surface area (Å²) in [4.78, 5) is 12.1. The molecule has 27 heavy (non-hydrogen) atoms. The Morgan fingerprint density at radius 1 is 1.00 bits per heavy atom. The van der Waals surface area contributed by atoms with Gasteiger partial charge in [0.2, 0.25) is 0 Å². The van der Waals surface area contributed by atoms with Crippen molar-refractivity contribution in [1.82, 2.24) is 10.2 Å². The predicted molar refractivity (Wildman–Crippen MR) is 97.2 cm³/mol. The molecule has 0 unspecified atom stereocenters. The van der Waals surface area contributed by atoms with Gasteiger partial charge in [-0.05, 0) is 55.5 Å². The molecule has 1 heterocycles. The van der Waals surface area contributed by atoms with Gasteiger partial charge in [0.05, 0.1) is 6.61 Å². The summed E-state index contributed by atoms with van der Waals surface area (Å²) in [6, 6.07) is 13.5. The van der Waals surface area contributed by atoms with Gasteiger partial charge in [-0.15, -0.1) is 10.2 Å². The molecule has 0 saturated heterocycles. The molecule has 2 N–H and O–H groups in total. The zero-order valence-corrected chi connectivity index (χ0v) is 14.4. The Kier molecular flexibility index (Phi) is 5.55. The minimum atomic E-state index is -0.870. The number of ether oxygens (including phenoxy) is 1. The highest BCUT2D eigenvalue weighted by Crippen LogP contribution is 2.20. The molecule has 0 aliphatic carbocycles. The van der Waals surface area contributed by atoms with Crippen LogP contribution in [0.2, 0.25) is 0 Å². The molecule has 0 fully saturated rings. The number of hydrogen-bond acceptors (Lipinski definition) is 5. The van der Waals surface area contributed by atoms with E-state index < -0.39 is 23.2 Å². The third-order valence-electron chi connectivity index (χ3n) is 3.54. The number of nitrogens with zero attached hydrogens (tertiary/aromatic N) is 2. The van der Waals surface area contributed by atoms with Crippen LogP contribution in [-0.4, -0.2) is 22.7 Å². The molecule has 0 atom stereocenters. The second-order valence-electron chi connectivity index (χ2n) is 5.44. The van der Waals surface area contributed by atoms with Crippen molar-refractivity contribution in [2.24, 2.45) is 0 Å². The summed E-state index contributed by atoms with van der Waals surface area (Å²) in [7, 11) is 0. The lowest BCUT2D eigenvalue weighted by molar-refractivity contribution is 0.102. The van der Waals surface area contributed by atoms with E-state index in [1.807, 2.05) is 31.2 Å². The van der Waals surface area contributed by atoms with Crippen molar-refractivity contribution in [1.29, 1.82) is 0 Å². The van der Waals surface area contributed by atoms with Gasteiger partial charge in [-0.3, -0.25) is 4.79 Å². The van der Waals surface area contributed by atoms with Crippen molar-refractivity contribution in [3.05, 3.63) is 71.9 Å². The molecule has 0 bridgehead atoms. The van der Waals surface area contributed by atoms with Crippen molar-refractivity contribution in [3.8, 4) is 5.75 Å². The largest absolute Gasteiger partial charge is 0.494 e. The average Bonchev–Trinajstić information content (AvgIpc) is 2.67. The van der Waals surface area contributed by atoms with Gasteiger partial charge in [0, 0.05) is 5.69 Å². The molecule has 3 rings (SSSR count). The second kappa shape index (κ2) is 8.22. The first-order valence-electron chi connectivity index (χ1n) is 8.16. The fourth-order valence-electron chi connectivity index (χ4n) is 2.26. The summed E-state index contributed by atoms with van der Waals surface area (Å²) < 4.78 is 32.6. The number of halogens is 2. The highest BCUT2D eigenvalue weighted by atomic mass is 19.1. The fraction of sp³-hybridized carbons (Fsp3) is 0.105. The zero-order valence-electron chi connectivity index (χ0n) is 14.4. The van der Waals surface area contributed by atoms with Gasteiger partial charge >= 0.3 is 0 Å². The standard InChI is InChI=1S/C19H16F2N4O2/c1-2-27-13-8-6-12(7-9-13)22-17-11-10-16(24-25-17)19(26)23-18-14(20)4-3-5-15(18)21/h3-11H,2H2,1H3,(H,22,25)(H,23,26). The maximum Gasteiger partial charge on any atom is 0.276 e. The van der Waals surface area contributed by atoms with Crippen LogP contribution in [0.3, 0.4) is 0 Å². The normalized spacial score (nSPS) is 10.3. The Labute approximate surface area is 154 Å². The summed E-state index contributed by atoms with van der Waals surface area (Å²) in [5.41, 5.74) is 0.161. The lowest BCUT2D eigenvalue weighted by atomic mass is 10.2. The average molecular weight is 370 g/mol. The second-order valence-corrected chi connectivity index (χ2v) is 5.44. The summed E-state index contributed by atoms with van der Waals surface area (Å²) in [6.45, 7) is 2.48. The third kappa shape index (κ3) is 4.55. The van der Waals surface area contributed by atoms with E-state index in [4.69, 9.17) is 4.74 Å². The monoisotopic (exact) mass is 370 g/mol. The van der Waals surface area contributed by atoms with Crippen LogP contribution < -0.4 is 15.4 Å². The highest BCUT2D eigenvalue weighted by molar-refractivity contribution is 6.02. The molecular weight excluding hydrogens is 354 g/mol. The Morgan fingerprint density at radius 2 is 1.70 bits per heavy atom. The van der Waals surface area contributed by atoms with Crippen LogP contribution >= 0.6 is 0 Å². The molecule has 2 aromatic carbocycles. The number of benzene rings is 2. The van der Waals surface area contributed by atoms with Crippen molar-refractivity contribution < 1.29 is 18.3 Å². The van der Waals surface area contributed by atoms with Crippen LogP contribution in [0.25, 0.3) is 0 Å². The minimum absolute atomic E-state index is 0.0742. The quantitative estimate of drug-likeness (QED) is 0.682. The number of para-hydroxylation sites is 1. The van der Waals surface area contributed by atoms with E-state index in [1.165, 1.54) is 18.2 Å². The van der Waals surface area contributed by atoms with E-state index in [0.29, 0.717) is 12.4 Å². The SMILES string of the molecule is CCOc1ccc(Nc2ccc(C(=O)Nc3c(F)cccc3F)nn2)cc1. The first-order valence-corrected chi connectivity index (χ1v) is 8.16. The maximum absolute atomic E-state index is 13.6. The van der Waals surface area contributed by atoms with Crippen LogP contribution in [0, 0.1) is 11.6 Å². The van der Waals surface area contributed by atoms with Crippen molar-refractivity contribution in [3.63, 3.8) is 0 Å². The molecule has 0 radical (unpaired) electrons. The number of nitrogens with one attached hydrogen (secondary N) is 2. The van der Waals surface area contributed by atoms with Crippen LogP contribution in [0.4, 0.5) is 26.0 Å². The van der Waals surface area contributed by atoms with Gasteiger partial charge in [0.25, 0.3) is 5.91 Å². The number of hydrogen-bond donors (Lipinski definition) is 2. The first-order chi connectivity index (χ1) is 13.1. The summed E-state index contributed by atoms with van der Waals surface area (Å²) in [5, 5.41) is 12.9. The molecule has 138 valence electrons. The number of rotatable bonds is 6. The Bertz CT molecular complexity index is 911. The number of aromatic nitrogens is 2. The highest BCUT2D eigenvalue weighted by Gasteiger charge is 2.14. The van der Waals surface area contributed by atoms with Gasteiger partial charge in [-0.25, -0.2) is 8.78 Å². The Morgan fingerprint density at radius 3 is 2.30 bits per heavy atom. The molecule has 0 aliphatic heterocycles. The number of anilines is 3. The molecule has 0 spiro atoms. The van der Waals surface area contributed by atoms with E-state index in [-0.39, 0.29) is 5.69 Å². The van der Waals surface area contributed by atoms with Gasteiger partial charge in [-0.2, -0.15) is 0 Å². The smallest absolute Gasteiger partial charge is 0.276 e. The molecule has 1 amide bonds. The summed E-state index contributed by atoms with van der Waals surface area (Å²) in [6.07, 6.45) is 0. The molecule has 3 aromatic rings. The van der Waals surface area contributed by atoms with Crippen molar-refractivity contribution in [2.45, 2.75) is 6.92 Å². The maximum atomic E-state index is 13.6. The number of carbonyl (C=O) groups is 1. The minimum Gasteiger partial charge on any atom is -0.494 e. The van der Waals surface area contributed by atoms with Gasteiger partial charge in [0.15, 0.2) is 11.5 Å². The molecule has 0 aliphatic rings. The van der Waals surface area contributed by atoms with E-state index >= 15 is 0 Å². The van der Waals surface area contributed by atoms with Gasteiger partial charge in [-0.1, -0.05) is 6.07 Å². The van der Waals surface area contributed by atoms with Crippen LogP contribution in [-0.2, 0) is 0 Å². The topological polar surface area (TPSA) is 76.1 Å². The summed E-state index contributed by atoms with van der Waals surface area (Å²) >= 11 is 0. The third-order valence-corrected chi connectivity index (χ3v) is 3.54. The number of carbonyl (C=O) groups excluding carboxylic acids is 1. The molecule has 0 saturated carbocycles. The zero-order chi connectivity index (χ0) is 19.2. The molecule has 1 aromatic heterocycles. The predicted octanol–water partition coefficient (Wildman–Crippen LogP) is 4.15. The van der Waals surface area contributed by atoms with Gasteiger partial charge in [0.1, 0.15) is 23.1 Å². The first kappa shape index (κ1) is 18.2. The Balaban J connectivity index is 1.66.